The highest BCUT2D eigenvalue weighted by Crippen LogP contribution is 2.08. The largest absolute Gasteiger partial charge is 0.393 e. The molecule has 0 aromatic rings. The van der Waals surface area contributed by atoms with Crippen LogP contribution in [0.1, 0.15) is 65.2 Å². The van der Waals surface area contributed by atoms with Crippen molar-refractivity contribution in [3.63, 3.8) is 0 Å². The van der Waals surface area contributed by atoms with E-state index < -0.39 is 9.28 Å². The summed E-state index contributed by atoms with van der Waals surface area (Å²) in [4.78, 5) is 0. The van der Waals surface area contributed by atoms with E-state index in [0.717, 1.165) is 32.1 Å². The number of hydrogen-bond acceptors (Lipinski definition) is 2. The van der Waals surface area contributed by atoms with Crippen LogP contribution in [0.2, 0.25) is 6.04 Å². The average molecular weight is 271 g/mol. The van der Waals surface area contributed by atoms with Crippen molar-refractivity contribution in [2.75, 3.05) is 13.2 Å². The summed E-state index contributed by atoms with van der Waals surface area (Å²) in [6.45, 7) is 9.96. The smallest absolute Gasteiger partial charge is 0.384 e. The molecule has 0 spiro atoms. The van der Waals surface area contributed by atoms with Gasteiger partial charge in [0, 0.05) is 13.2 Å². The van der Waals surface area contributed by atoms with Crippen molar-refractivity contribution in [2.24, 2.45) is 0 Å². The van der Waals surface area contributed by atoms with Crippen LogP contribution in [-0.2, 0) is 8.85 Å². The van der Waals surface area contributed by atoms with Gasteiger partial charge >= 0.3 is 9.28 Å². The fourth-order valence-corrected chi connectivity index (χ4v) is 3.26. The molecule has 2 nitrogen and oxygen atoms in total. The predicted octanol–water partition coefficient (Wildman–Crippen LogP) is 4.85. The lowest BCUT2D eigenvalue weighted by atomic mass is 10.3. The van der Waals surface area contributed by atoms with Crippen molar-refractivity contribution in [3.8, 4) is 0 Å². The van der Waals surface area contributed by atoms with Crippen molar-refractivity contribution >= 4 is 9.28 Å². The van der Waals surface area contributed by atoms with Gasteiger partial charge in [0.15, 0.2) is 0 Å². The summed E-state index contributed by atoms with van der Waals surface area (Å²) in [6.07, 6.45) is 11.6. The molecule has 0 amide bonds. The molecule has 0 bridgehead atoms. The number of hydrogen-bond donors (Lipinski definition) is 0. The van der Waals surface area contributed by atoms with Crippen LogP contribution in [0.3, 0.4) is 0 Å². The molecule has 1 radical (unpaired) electrons. The standard InChI is InChI=1S/C15H31O2Si/c1-4-7-10-13-16-18(15-12-9-6-3)17-14-11-8-5-2/h6H,3-5,7-15H2,1-2H3. The number of allylic oxidation sites excluding steroid dienone is 1. The molecular formula is C15H31O2Si. The molecule has 18 heavy (non-hydrogen) atoms. The van der Waals surface area contributed by atoms with Crippen LogP contribution in [0.4, 0.5) is 0 Å². The molecule has 0 aliphatic heterocycles. The van der Waals surface area contributed by atoms with Gasteiger partial charge in [-0.25, -0.2) is 0 Å². The first-order chi connectivity index (χ1) is 8.85. The zero-order valence-corrected chi connectivity index (χ0v) is 13.4. The summed E-state index contributed by atoms with van der Waals surface area (Å²) in [5, 5.41) is 0. The van der Waals surface area contributed by atoms with Crippen molar-refractivity contribution < 1.29 is 8.85 Å². The minimum atomic E-state index is -1.03. The Kier molecular flexibility index (Phi) is 14.8. The van der Waals surface area contributed by atoms with E-state index in [0.29, 0.717) is 0 Å². The minimum Gasteiger partial charge on any atom is -0.393 e. The number of unbranched alkanes of at least 4 members (excludes halogenated alkanes) is 5. The van der Waals surface area contributed by atoms with Crippen LogP contribution < -0.4 is 0 Å². The highest BCUT2D eigenvalue weighted by molar-refractivity contribution is 6.44. The van der Waals surface area contributed by atoms with Crippen molar-refractivity contribution in [1.82, 2.24) is 0 Å². The van der Waals surface area contributed by atoms with E-state index in [1.807, 2.05) is 6.08 Å². The van der Waals surface area contributed by atoms with Crippen molar-refractivity contribution in [3.05, 3.63) is 12.7 Å². The third kappa shape index (κ3) is 12.3. The van der Waals surface area contributed by atoms with Crippen LogP contribution >= 0.6 is 0 Å². The maximum atomic E-state index is 5.92. The monoisotopic (exact) mass is 271 g/mol. The molecule has 0 saturated heterocycles. The predicted molar refractivity (Wildman–Crippen MR) is 80.9 cm³/mol. The molecule has 0 saturated carbocycles. The molecule has 0 heterocycles. The lowest BCUT2D eigenvalue weighted by Crippen LogP contribution is -2.24. The summed E-state index contributed by atoms with van der Waals surface area (Å²) >= 11 is 0. The molecule has 0 fully saturated rings. The van der Waals surface area contributed by atoms with Crippen LogP contribution in [0, 0.1) is 0 Å². The Balaban J connectivity index is 3.65. The maximum absolute atomic E-state index is 5.92. The molecule has 0 unspecified atom stereocenters. The van der Waals surface area contributed by atoms with Crippen molar-refractivity contribution in [1.29, 1.82) is 0 Å². The molecule has 0 aromatic heterocycles. The summed E-state index contributed by atoms with van der Waals surface area (Å²) in [5.41, 5.74) is 0. The van der Waals surface area contributed by atoms with Gasteiger partial charge in [-0.1, -0.05) is 45.6 Å². The fraction of sp³-hybridized carbons (Fsp3) is 0.867. The van der Waals surface area contributed by atoms with E-state index in [1.54, 1.807) is 0 Å². The molecule has 0 aliphatic carbocycles. The van der Waals surface area contributed by atoms with E-state index in [9.17, 15) is 0 Å². The van der Waals surface area contributed by atoms with Crippen LogP contribution in [0.25, 0.3) is 0 Å². The molecule has 3 heteroatoms. The Morgan fingerprint density at radius 2 is 1.44 bits per heavy atom. The average Bonchev–Trinajstić information content (AvgIpc) is 2.39. The van der Waals surface area contributed by atoms with E-state index >= 15 is 0 Å². The number of rotatable bonds is 14. The quantitative estimate of drug-likeness (QED) is 0.255. The van der Waals surface area contributed by atoms with Gasteiger partial charge in [-0.05, 0) is 31.7 Å². The van der Waals surface area contributed by atoms with Gasteiger partial charge in [0.2, 0.25) is 0 Å². The zero-order valence-electron chi connectivity index (χ0n) is 12.4. The SMILES string of the molecule is C=CCCC[Si](OCCCCC)OCCCCC. The lowest BCUT2D eigenvalue weighted by Gasteiger charge is -2.15. The Morgan fingerprint density at radius 3 is 1.89 bits per heavy atom. The molecule has 0 rings (SSSR count). The molecule has 0 N–H and O–H groups in total. The van der Waals surface area contributed by atoms with Gasteiger partial charge in [0.05, 0.1) is 0 Å². The topological polar surface area (TPSA) is 18.5 Å². The van der Waals surface area contributed by atoms with E-state index in [-0.39, 0.29) is 0 Å². The summed E-state index contributed by atoms with van der Waals surface area (Å²) in [5.74, 6) is 0. The third-order valence-electron chi connectivity index (χ3n) is 2.81. The van der Waals surface area contributed by atoms with Crippen LogP contribution in [0.15, 0.2) is 12.7 Å². The van der Waals surface area contributed by atoms with Crippen LogP contribution in [-0.4, -0.2) is 22.5 Å². The zero-order chi connectivity index (χ0) is 13.5. The van der Waals surface area contributed by atoms with Crippen LogP contribution in [0.5, 0.6) is 0 Å². The lowest BCUT2D eigenvalue weighted by molar-refractivity contribution is 0.189. The normalized spacial score (nSPS) is 11.1. The van der Waals surface area contributed by atoms with E-state index in [1.165, 1.54) is 38.5 Å². The van der Waals surface area contributed by atoms with E-state index in [4.69, 9.17) is 8.85 Å². The molecule has 107 valence electrons. The van der Waals surface area contributed by atoms with Gasteiger partial charge in [-0.15, -0.1) is 6.58 Å². The van der Waals surface area contributed by atoms with Gasteiger partial charge in [0.1, 0.15) is 0 Å². The molecule has 0 aromatic carbocycles. The summed E-state index contributed by atoms with van der Waals surface area (Å²) in [6, 6.07) is 1.09. The second-order valence-electron chi connectivity index (χ2n) is 4.66. The summed E-state index contributed by atoms with van der Waals surface area (Å²) in [7, 11) is -1.03. The Labute approximate surface area is 116 Å². The molecular weight excluding hydrogens is 240 g/mol. The second-order valence-corrected chi connectivity index (χ2v) is 6.49. The first-order valence-corrected chi connectivity index (χ1v) is 9.09. The highest BCUT2D eigenvalue weighted by atomic mass is 28.3. The second kappa shape index (κ2) is 14.9. The Morgan fingerprint density at radius 1 is 0.889 bits per heavy atom. The molecule has 0 atom stereocenters. The third-order valence-corrected chi connectivity index (χ3v) is 4.63. The Bertz CT molecular complexity index is 162. The van der Waals surface area contributed by atoms with Gasteiger partial charge < -0.3 is 8.85 Å². The minimum absolute atomic E-state index is 0.879. The highest BCUT2D eigenvalue weighted by Gasteiger charge is 2.14. The first-order valence-electron chi connectivity index (χ1n) is 7.57. The summed E-state index contributed by atoms with van der Waals surface area (Å²) < 4.78 is 11.8. The maximum Gasteiger partial charge on any atom is 0.384 e. The molecule has 0 aliphatic rings. The first kappa shape index (κ1) is 17.9. The van der Waals surface area contributed by atoms with E-state index in [2.05, 4.69) is 20.4 Å². The Hall–Kier alpha value is -0.123. The van der Waals surface area contributed by atoms with Gasteiger partial charge in [-0.3, -0.25) is 0 Å². The fourth-order valence-electron chi connectivity index (χ4n) is 1.65. The van der Waals surface area contributed by atoms with Gasteiger partial charge in [-0.2, -0.15) is 0 Å². The van der Waals surface area contributed by atoms with Gasteiger partial charge in [0.25, 0.3) is 0 Å². The van der Waals surface area contributed by atoms with Crippen molar-refractivity contribution in [2.45, 2.75) is 71.3 Å².